The van der Waals surface area contributed by atoms with Crippen LogP contribution in [0.15, 0.2) is 23.1 Å². The first kappa shape index (κ1) is 20.7. The molecule has 0 unspecified atom stereocenters. The lowest BCUT2D eigenvalue weighted by atomic mass is 9.69. The maximum Gasteiger partial charge on any atom is 0.255 e. The van der Waals surface area contributed by atoms with Gasteiger partial charge in [-0.05, 0) is 55.2 Å². The lowest BCUT2D eigenvalue weighted by Gasteiger charge is -2.39. The van der Waals surface area contributed by atoms with Crippen LogP contribution in [0.2, 0.25) is 0 Å². The van der Waals surface area contributed by atoms with Crippen molar-refractivity contribution in [2.45, 2.75) is 63.8 Å². The molecule has 1 amide bonds. The summed E-state index contributed by atoms with van der Waals surface area (Å²) in [5, 5.41) is 8.19. The molecule has 0 bridgehead atoms. The van der Waals surface area contributed by atoms with Gasteiger partial charge in [0.25, 0.3) is 5.91 Å². The summed E-state index contributed by atoms with van der Waals surface area (Å²) in [5.41, 5.74) is 0.511. The number of primary sulfonamides is 1. The molecule has 0 heterocycles. The molecule has 0 saturated heterocycles. The average molecular weight is 383 g/mol. The first-order valence-electron chi connectivity index (χ1n) is 9.10. The highest BCUT2D eigenvalue weighted by Gasteiger charge is 2.32. The predicted molar refractivity (Wildman–Crippen MR) is 102 cm³/mol. The highest BCUT2D eigenvalue weighted by atomic mass is 32.2. The fourth-order valence-electron chi connectivity index (χ4n) is 3.61. The molecule has 146 valence electrons. The van der Waals surface area contributed by atoms with Crippen molar-refractivity contribution in [1.29, 1.82) is 0 Å². The molecule has 0 radical (unpaired) electrons. The molecule has 0 spiro atoms. The van der Waals surface area contributed by atoms with E-state index in [9.17, 15) is 13.2 Å². The largest absolute Gasteiger partial charge is 0.496 e. The van der Waals surface area contributed by atoms with Crippen LogP contribution in [0.25, 0.3) is 0 Å². The number of rotatable bonds is 6. The van der Waals surface area contributed by atoms with Crippen LogP contribution in [0.1, 0.15) is 63.2 Å². The lowest BCUT2D eigenvalue weighted by Crippen LogP contribution is -2.40. The highest BCUT2D eigenvalue weighted by molar-refractivity contribution is 7.89. The number of carbonyl (C=O) groups excluding carboxylic acids is 1. The average Bonchev–Trinajstić information content (AvgIpc) is 2.60. The van der Waals surface area contributed by atoms with Crippen LogP contribution in [0.5, 0.6) is 5.75 Å². The minimum Gasteiger partial charge on any atom is -0.496 e. The van der Waals surface area contributed by atoms with Gasteiger partial charge in [-0.3, -0.25) is 4.79 Å². The van der Waals surface area contributed by atoms with Gasteiger partial charge in [0.15, 0.2) is 0 Å². The van der Waals surface area contributed by atoms with Crippen molar-refractivity contribution in [3.05, 3.63) is 23.8 Å². The van der Waals surface area contributed by atoms with Gasteiger partial charge in [-0.15, -0.1) is 0 Å². The molecule has 26 heavy (non-hydrogen) atoms. The van der Waals surface area contributed by atoms with Crippen LogP contribution in [0.3, 0.4) is 0 Å². The quantitative estimate of drug-likeness (QED) is 0.790. The van der Waals surface area contributed by atoms with Crippen LogP contribution in [0.4, 0.5) is 0 Å². The number of methoxy groups -OCH3 is 1. The van der Waals surface area contributed by atoms with Gasteiger partial charge in [0.1, 0.15) is 5.75 Å². The van der Waals surface area contributed by atoms with E-state index < -0.39 is 10.0 Å². The second-order valence-electron chi connectivity index (χ2n) is 7.77. The summed E-state index contributed by atoms with van der Waals surface area (Å²) in [7, 11) is -2.43. The van der Waals surface area contributed by atoms with Crippen molar-refractivity contribution >= 4 is 15.9 Å². The molecule has 0 atom stereocenters. The Hall–Kier alpha value is -1.60. The van der Waals surface area contributed by atoms with Crippen molar-refractivity contribution in [1.82, 2.24) is 5.32 Å². The van der Waals surface area contributed by atoms with Gasteiger partial charge in [0, 0.05) is 6.04 Å². The fraction of sp³-hybridized carbons (Fsp3) is 0.632. The van der Waals surface area contributed by atoms with E-state index in [0.29, 0.717) is 17.1 Å². The summed E-state index contributed by atoms with van der Waals surface area (Å²) < 4.78 is 28.3. The van der Waals surface area contributed by atoms with Crippen molar-refractivity contribution in [2.24, 2.45) is 16.5 Å². The smallest absolute Gasteiger partial charge is 0.255 e. The Labute approximate surface area is 156 Å². The Morgan fingerprint density at radius 1 is 1.27 bits per heavy atom. The molecular weight excluding hydrogens is 352 g/mol. The zero-order chi connectivity index (χ0) is 19.5. The van der Waals surface area contributed by atoms with Gasteiger partial charge in [0.2, 0.25) is 10.0 Å². The summed E-state index contributed by atoms with van der Waals surface area (Å²) in [6, 6.07) is 4.16. The molecule has 6 nitrogen and oxygen atoms in total. The summed E-state index contributed by atoms with van der Waals surface area (Å²) in [6.07, 6.45) is 5.17. The van der Waals surface area contributed by atoms with Gasteiger partial charge in [-0.25, -0.2) is 13.6 Å². The minimum absolute atomic E-state index is 0.0919. The van der Waals surface area contributed by atoms with Gasteiger partial charge in [0.05, 0.1) is 17.6 Å². The number of carbonyl (C=O) groups is 1. The Balaban J connectivity index is 2.09. The maximum atomic E-state index is 12.7. The normalized spacial score (nSPS) is 21.3. The summed E-state index contributed by atoms with van der Waals surface area (Å²) in [6.45, 7) is 6.83. The van der Waals surface area contributed by atoms with E-state index in [-0.39, 0.29) is 22.4 Å². The fourth-order valence-corrected chi connectivity index (χ4v) is 4.15. The molecule has 1 aromatic carbocycles. The van der Waals surface area contributed by atoms with E-state index in [0.717, 1.165) is 32.1 Å². The van der Waals surface area contributed by atoms with Crippen molar-refractivity contribution in [2.75, 3.05) is 7.11 Å². The summed E-state index contributed by atoms with van der Waals surface area (Å²) in [5.74, 6) is 0.669. The van der Waals surface area contributed by atoms with Crippen LogP contribution < -0.4 is 15.2 Å². The van der Waals surface area contributed by atoms with E-state index >= 15 is 0 Å². The Morgan fingerprint density at radius 3 is 2.38 bits per heavy atom. The second kappa shape index (κ2) is 7.96. The van der Waals surface area contributed by atoms with Crippen LogP contribution in [-0.2, 0) is 10.0 Å². The highest BCUT2D eigenvalue weighted by Crippen LogP contribution is 2.40. The third kappa shape index (κ3) is 4.76. The number of nitrogens with one attached hydrogen (secondary N) is 1. The van der Waals surface area contributed by atoms with E-state index in [2.05, 4.69) is 26.1 Å². The van der Waals surface area contributed by atoms with Gasteiger partial charge < -0.3 is 10.1 Å². The molecule has 0 aromatic heterocycles. The third-order valence-electron chi connectivity index (χ3n) is 5.82. The number of hydrogen-bond donors (Lipinski definition) is 2. The number of sulfonamides is 1. The summed E-state index contributed by atoms with van der Waals surface area (Å²) >= 11 is 0. The molecule has 1 fully saturated rings. The maximum absolute atomic E-state index is 12.7. The molecule has 2 rings (SSSR count). The number of ether oxygens (including phenoxy) is 1. The first-order chi connectivity index (χ1) is 12.1. The molecule has 1 aliphatic rings. The molecule has 1 aromatic rings. The molecule has 1 saturated carbocycles. The molecule has 1 aliphatic carbocycles. The van der Waals surface area contributed by atoms with E-state index in [4.69, 9.17) is 9.88 Å². The SMILES string of the molecule is CCC(C)(C)C1CCC(NC(=O)c2cc(S(N)(=O)=O)ccc2OC)CC1. The molecule has 3 N–H and O–H groups in total. The van der Waals surface area contributed by atoms with E-state index in [1.165, 1.54) is 25.3 Å². The third-order valence-corrected chi connectivity index (χ3v) is 6.73. The van der Waals surface area contributed by atoms with Crippen LogP contribution in [0, 0.1) is 11.3 Å². The zero-order valence-corrected chi connectivity index (χ0v) is 16.9. The first-order valence-corrected chi connectivity index (χ1v) is 10.6. The monoisotopic (exact) mass is 382 g/mol. The number of amides is 1. The Kier molecular flexibility index (Phi) is 6.34. The van der Waals surface area contributed by atoms with Gasteiger partial charge in [-0.1, -0.05) is 27.2 Å². The number of hydrogen-bond acceptors (Lipinski definition) is 4. The predicted octanol–water partition coefficient (Wildman–Crippen LogP) is 3.07. The molecule has 7 heteroatoms. The van der Waals surface area contributed by atoms with Crippen molar-refractivity contribution in [3.63, 3.8) is 0 Å². The van der Waals surface area contributed by atoms with Gasteiger partial charge >= 0.3 is 0 Å². The van der Waals surface area contributed by atoms with E-state index in [1.807, 2.05) is 0 Å². The van der Waals surface area contributed by atoms with Gasteiger partial charge in [-0.2, -0.15) is 0 Å². The van der Waals surface area contributed by atoms with Crippen LogP contribution >= 0.6 is 0 Å². The van der Waals surface area contributed by atoms with E-state index in [1.54, 1.807) is 0 Å². The lowest BCUT2D eigenvalue weighted by molar-refractivity contribution is 0.0890. The second-order valence-corrected chi connectivity index (χ2v) is 9.33. The van der Waals surface area contributed by atoms with Crippen LogP contribution in [-0.4, -0.2) is 27.5 Å². The Morgan fingerprint density at radius 2 is 1.88 bits per heavy atom. The van der Waals surface area contributed by atoms with Crippen molar-refractivity contribution in [3.8, 4) is 5.75 Å². The van der Waals surface area contributed by atoms with Crippen molar-refractivity contribution < 1.29 is 17.9 Å². The zero-order valence-electron chi connectivity index (χ0n) is 16.0. The number of benzene rings is 1. The summed E-state index contributed by atoms with van der Waals surface area (Å²) in [4.78, 5) is 12.6. The topological polar surface area (TPSA) is 98.5 Å². The molecule has 0 aliphatic heterocycles. The Bertz CT molecular complexity index is 751. The number of nitrogens with two attached hydrogens (primary N) is 1. The standard InChI is InChI=1S/C19H30N2O4S/c1-5-19(2,3)13-6-8-14(9-7-13)21-18(22)16-12-15(26(20,23)24)10-11-17(16)25-4/h10-14H,5-9H2,1-4H3,(H,21,22)(H2,20,23,24). The molecular formula is C19H30N2O4S. The minimum atomic E-state index is -3.88.